The standard InChI is InChI=1S/C15H13N2O2S.BrH/c1-11-2-7-14-15(8-11)20-10-16(14)9-12-3-5-13(6-4-12)17(18)19;/h2-8,10H,9H2,1H3;1H/q+1;/p-1. The number of non-ortho nitro benzene ring substituents is 1. The first-order valence-electron chi connectivity index (χ1n) is 6.24. The molecule has 0 aliphatic carbocycles. The highest BCUT2D eigenvalue weighted by molar-refractivity contribution is 7.16. The van der Waals surface area contributed by atoms with Gasteiger partial charge in [-0.15, -0.1) is 0 Å². The van der Waals surface area contributed by atoms with Crippen molar-refractivity contribution in [3.8, 4) is 0 Å². The molecule has 0 spiro atoms. The van der Waals surface area contributed by atoms with Gasteiger partial charge in [-0.1, -0.05) is 17.4 Å². The zero-order valence-corrected chi connectivity index (χ0v) is 13.7. The van der Waals surface area contributed by atoms with Crippen LogP contribution in [0.3, 0.4) is 0 Å². The van der Waals surface area contributed by atoms with Gasteiger partial charge >= 0.3 is 0 Å². The highest BCUT2D eigenvalue weighted by Gasteiger charge is 2.13. The van der Waals surface area contributed by atoms with Gasteiger partial charge < -0.3 is 17.0 Å². The fraction of sp³-hybridized carbons (Fsp3) is 0.133. The lowest BCUT2D eigenvalue weighted by atomic mass is 10.2. The predicted molar refractivity (Wildman–Crippen MR) is 79.0 cm³/mol. The van der Waals surface area contributed by atoms with Gasteiger partial charge in [0.25, 0.3) is 5.69 Å². The van der Waals surface area contributed by atoms with Crippen molar-refractivity contribution in [1.29, 1.82) is 0 Å². The number of halogens is 1. The summed E-state index contributed by atoms with van der Waals surface area (Å²) in [6, 6.07) is 13.1. The number of fused-ring (bicyclic) bond motifs is 1. The van der Waals surface area contributed by atoms with E-state index in [2.05, 4.69) is 35.2 Å². The minimum atomic E-state index is -0.375. The number of aromatic nitrogens is 1. The molecule has 0 atom stereocenters. The maximum atomic E-state index is 10.6. The van der Waals surface area contributed by atoms with Crippen LogP contribution in [0.5, 0.6) is 0 Å². The molecule has 21 heavy (non-hydrogen) atoms. The Bertz CT molecular complexity index is 784. The van der Waals surface area contributed by atoms with Crippen LogP contribution < -0.4 is 21.5 Å². The molecule has 0 aliphatic rings. The second-order valence-corrected chi connectivity index (χ2v) is 5.63. The number of nitrogens with zero attached hydrogens (tertiary/aromatic N) is 2. The summed E-state index contributed by atoms with van der Waals surface area (Å²) < 4.78 is 3.42. The molecular weight excluding hydrogens is 352 g/mol. The van der Waals surface area contributed by atoms with E-state index in [-0.39, 0.29) is 27.6 Å². The van der Waals surface area contributed by atoms with Crippen LogP contribution in [0.2, 0.25) is 0 Å². The minimum absolute atomic E-state index is 0. The van der Waals surface area contributed by atoms with E-state index in [0.29, 0.717) is 0 Å². The number of nitro groups is 1. The van der Waals surface area contributed by atoms with Crippen LogP contribution in [-0.4, -0.2) is 4.92 Å². The van der Waals surface area contributed by atoms with Crippen LogP contribution in [0.1, 0.15) is 11.1 Å². The molecule has 1 heterocycles. The van der Waals surface area contributed by atoms with Crippen LogP contribution in [0, 0.1) is 17.0 Å². The van der Waals surface area contributed by atoms with E-state index in [9.17, 15) is 10.1 Å². The van der Waals surface area contributed by atoms with Crippen LogP contribution in [0.4, 0.5) is 5.69 Å². The summed E-state index contributed by atoms with van der Waals surface area (Å²) in [5.74, 6) is 0. The van der Waals surface area contributed by atoms with Crippen molar-refractivity contribution >= 4 is 27.2 Å². The summed E-state index contributed by atoms with van der Waals surface area (Å²) in [5, 5.41) is 10.6. The average Bonchev–Trinajstić information content (AvgIpc) is 2.81. The molecule has 0 bridgehead atoms. The number of benzene rings is 2. The molecule has 3 aromatic rings. The SMILES string of the molecule is Cc1ccc2c(c1)sc[n+]2Cc1ccc([N+](=O)[O-])cc1.[Br-]. The molecule has 4 nitrogen and oxygen atoms in total. The number of nitro benzene ring substituents is 1. The molecule has 2 aromatic carbocycles. The third-order valence-electron chi connectivity index (χ3n) is 3.23. The molecule has 0 radical (unpaired) electrons. The predicted octanol–water partition coefficient (Wildman–Crippen LogP) is 0.458. The van der Waals surface area contributed by atoms with E-state index in [4.69, 9.17) is 0 Å². The number of thiazole rings is 1. The third kappa shape index (κ3) is 3.28. The molecule has 0 saturated heterocycles. The van der Waals surface area contributed by atoms with Crippen LogP contribution in [-0.2, 0) is 6.54 Å². The van der Waals surface area contributed by atoms with Gasteiger partial charge in [0, 0.05) is 23.8 Å². The summed E-state index contributed by atoms with van der Waals surface area (Å²) in [5.41, 5.74) is 5.72. The fourth-order valence-electron chi connectivity index (χ4n) is 2.17. The van der Waals surface area contributed by atoms with Gasteiger partial charge in [-0.25, -0.2) is 0 Å². The smallest absolute Gasteiger partial charge is 0.269 e. The van der Waals surface area contributed by atoms with Crippen LogP contribution >= 0.6 is 11.3 Å². The van der Waals surface area contributed by atoms with Crippen molar-refractivity contribution < 1.29 is 26.5 Å². The van der Waals surface area contributed by atoms with Crippen molar-refractivity contribution in [2.75, 3.05) is 0 Å². The van der Waals surface area contributed by atoms with Crippen molar-refractivity contribution in [3.05, 3.63) is 69.2 Å². The zero-order valence-electron chi connectivity index (χ0n) is 11.3. The Hall–Kier alpha value is -1.79. The second-order valence-electron chi connectivity index (χ2n) is 4.75. The maximum Gasteiger partial charge on any atom is 0.269 e. The van der Waals surface area contributed by atoms with Gasteiger partial charge in [-0.3, -0.25) is 10.1 Å². The van der Waals surface area contributed by atoms with Crippen LogP contribution in [0.15, 0.2) is 48.0 Å². The molecule has 0 N–H and O–H groups in total. The Morgan fingerprint density at radius 1 is 1.19 bits per heavy atom. The summed E-state index contributed by atoms with van der Waals surface area (Å²) in [7, 11) is 0. The first kappa shape index (κ1) is 15.6. The molecule has 3 rings (SSSR count). The first-order chi connectivity index (χ1) is 9.63. The number of aryl methyl sites for hydroxylation is 1. The maximum absolute atomic E-state index is 10.6. The number of hydrogen-bond acceptors (Lipinski definition) is 3. The van der Waals surface area contributed by atoms with Gasteiger partial charge in [0.05, 0.1) is 4.92 Å². The lowest BCUT2D eigenvalue weighted by molar-refractivity contribution is -0.658. The quantitative estimate of drug-likeness (QED) is 0.385. The Morgan fingerprint density at radius 2 is 1.90 bits per heavy atom. The van der Waals surface area contributed by atoms with Gasteiger partial charge in [0.1, 0.15) is 4.70 Å². The van der Waals surface area contributed by atoms with Gasteiger partial charge in [-0.05, 0) is 30.7 Å². The fourth-order valence-corrected chi connectivity index (χ4v) is 3.16. The molecule has 0 fully saturated rings. The molecule has 6 heteroatoms. The summed E-state index contributed by atoms with van der Waals surface area (Å²) in [6.07, 6.45) is 0. The molecule has 108 valence electrons. The van der Waals surface area contributed by atoms with Gasteiger partial charge in [0.2, 0.25) is 11.0 Å². The largest absolute Gasteiger partial charge is 1.00 e. The van der Waals surface area contributed by atoms with E-state index in [1.165, 1.54) is 15.8 Å². The van der Waals surface area contributed by atoms with E-state index >= 15 is 0 Å². The molecule has 0 saturated carbocycles. The molecule has 0 unspecified atom stereocenters. The summed E-state index contributed by atoms with van der Waals surface area (Å²) in [6.45, 7) is 2.81. The topological polar surface area (TPSA) is 47.0 Å². The number of hydrogen-bond donors (Lipinski definition) is 0. The monoisotopic (exact) mass is 364 g/mol. The zero-order chi connectivity index (χ0) is 14.1. The van der Waals surface area contributed by atoms with Gasteiger partial charge in [-0.2, -0.15) is 4.57 Å². The van der Waals surface area contributed by atoms with Crippen LogP contribution in [0.25, 0.3) is 10.2 Å². The Labute approximate surface area is 136 Å². The van der Waals surface area contributed by atoms with E-state index in [1.54, 1.807) is 23.5 Å². The van der Waals surface area contributed by atoms with Crippen molar-refractivity contribution in [3.63, 3.8) is 0 Å². The van der Waals surface area contributed by atoms with E-state index in [1.807, 2.05) is 12.1 Å². The normalized spacial score (nSPS) is 10.3. The molecular formula is C15H13BrN2O2S. The summed E-state index contributed by atoms with van der Waals surface area (Å²) in [4.78, 5) is 10.3. The second kappa shape index (κ2) is 6.32. The first-order valence-corrected chi connectivity index (χ1v) is 7.12. The lowest BCUT2D eigenvalue weighted by Crippen LogP contribution is -3.00. The molecule has 1 aromatic heterocycles. The minimum Gasteiger partial charge on any atom is -1.00 e. The molecule has 0 aliphatic heterocycles. The molecule has 0 amide bonds. The van der Waals surface area contributed by atoms with Crippen molar-refractivity contribution in [2.45, 2.75) is 13.5 Å². The average molecular weight is 365 g/mol. The van der Waals surface area contributed by atoms with Crippen molar-refractivity contribution in [1.82, 2.24) is 0 Å². The third-order valence-corrected chi connectivity index (χ3v) is 4.17. The Balaban J connectivity index is 0.00000161. The van der Waals surface area contributed by atoms with E-state index < -0.39 is 0 Å². The Kier molecular flexibility index (Phi) is 4.69. The van der Waals surface area contributed by atoms with Crippen molar-refractivity contribution in [2.24, 2.45) is 0 Å². The highest BCUT2D eigenvalue weighted by atomic mass is 79.9. The van der Waals surface area contributed by atoms with E-state index in [0.717, 1.165) is 12.1 Å². The highest BCUT2D eigenvalue weighted by Crippen LogP contribution is 2.18. The number of rotatable bonds is 3. The summed E-state index contributed by atoms with van der Waals surface area (Å²) >= 11 is 1.71. The van der Waals surface area contributed by atoms with Gasteiger partial charge in [0.15, 0.2) is 6.54 Å². The Morgan fingerprint density at radius 3 is 2.57 bits per heavy atom. The lowest BCUT2D eigenvalue weighted by Gasteiger charge is -1.97.